The van der Waals surface area contributed by atoms with Crippen molar-refractivity contribution in [2.75, 3.05) is 18.4 Å². The minimum absolute atomic E-state index is 0.157. The lowest BCUT2D eigenvalue weighted by molar-refractivity contribution is 0.102. The first kappa shape index (κ1) is 20.0. The summed E-state index contributed by atoms with van der Waals surface area (Å²) in [6.45, 7) is 7.69. The summed E-state index contributed by atoms with van der Waals surface area (Å²) >= 11 is 6.70. The molecule has 4 rings (SSSR count). The van der Waals surface area contributed by atoms with Crippen molar-refractivity contribution >= 4 is 34.6 Å². The summed E-state index contributed by atoms with van der Waals surface area (Å²) in [7, 11) is 0. The zero-order valence-corrected chi connectivity index (χ0v) is 18.2. The molecule has 2 atom stereocenters. The van der Waals surface area contributed by atoms with E-state index >= 15 is 0 Å². The highest BCUT2D eigenvalue weighted by Crippen LogP contribution is 2.24. The topological polar surface area (TPSA) is 66.0 Å². The molecule has 1 saturated heterocycles. The number of nitrogens with zero attached hydrogens (tertiary/aromatic N) is 3. The van der Waals surface area contributed by atoms with Crippen LogP contribution in [0, 0.1) is 16.6 Å². The number of rotatable bonds is 5. The number of likely N-dealkylation sites (tertiary alicyclic amines) is 1. The summed E-state index contributed by atoms with van der Waals surface area (Å²) in [5.74, 6) is 1.29. The van der Waals surface area contributed by atoms with Gasteiger partial charge in [-0.1, -0.05) is 13.8 Å². The summed E-state index contributed by atoms with van der Waals surface area (Å²) < 4.78 is 2.47. The van der Waals surface area contributed by atoms with Crippen LogP contribution in [0.3, 0.4) is 0 Å². The predicted octanol–water partition coefficient (Wildman–Crippen LogP) is 4.72. The maximum Gasteiger partial charge on any atom is 0.257 e. The van der Waals surface area contributed by atoms with Gasteiger partial charge in [-0.25, -0.2) is 4.98 Å². The summed E-state index contributed by atoms with van der Waals surface area (Å²) in [5, 5.41) is 5.59. The molecule has 0 aliphatic carbocycles. The van der Waals surface area contributed by atoms with Gasteiger partial charge in [0.15, 0.2) is 9.90 Å². The van der Waals surface area contributed by atoms with E-state index in [1.54, 1.807) is 18.3 Å². The number of anilines is 1. The third-order valence-electron chi connectivity index (χ3n) is 5.16. The van der Waals surface area contributed by atoms with Crippen LogP contribution >= 0.6 is 23.6 Å². The van der Waals surface area contributed by atoms with E-state index in [2.05, 4.69) is 34.0 Å². The second kappa shape index (κ2) is 8.61. The van der Waals surface area contributed by atoms with Gasteiger partial charge >= 0.3 is 0 Å². The average molecular weight is 428 g/mol. The van der Waals surface area contributed by atoms with E-state index in [1.807, 2.05) is 28.3 Å². The lowest BCUT2D eigenvalue weighted by Crippen LogP contribution is -2.38. The van der Waals surface area contributed by atoms with E-state index in [9.17, 15) is 4.79 Å². The van der Waals surface area contributed by atoms with E-state index in [0.717, 1.165) is 42.9 Å². The largest absolute Gasteiger partial charge is 0.337 e. The minimum Gasteiger partial charge on any atom is -0.337 e. The molecule has 2 aromatic heterocycles. The number of carbonyl (C=O) groups is 1. The Morgan fingerprint density at radius 2 is 2.00 bits per heavy atom. The number of imidazole rings is 1. The van der Waals surface area contributed by atoms with Crippen LogP contribution in [0.2, 0.25) is 0 Å². The molecule has 1 fully saturated rings. The fraction of sp³-hybridized carbons (Fsp3) is 0.381. The monoisotopic (exact) mass is 427 g/mol. The molecule has 29 heavy (non-hydrogen) atoms. The number of aromatic amines is 1. The summed E-state index contributed by atoms with van der Waals surface area (Å²) in [6, 6.07) is 7.35. The third kappa shape index (κ3) is 4.83. The van der Waals surface area contributed by atoms with E-state index in [0.29, 0.717) is 15.5 Å². The second-order valence-electron chi connectivity index (χ2n) is 7.92. The number of carbonyl (C=O) groups excluding carboxylic acids is 1. The maximum absolute atomic E-state index is 12.6. The smallest absolute Gasteiger partial charge is 0.257 e. The van der Waals surface area contributed by atoms with Crippen molar-refractivity contribution in [2.45, 2.75) is 26.8 Å². The first-order valence-electron chi connectivity index (χ1n) is 9.82. The molecule has 6 nitrogen and oxygen atoms in total. The number of amides is 1. The quantitative estimate of drug-likeness (QED) is 0.578. The van der Waals surface area contributed by atoms with Gasteiger partial charge in [-0.15, -0.1) is 11.3 Å². The summed E-state index contributed by atoms with van der Waals surface area (Å²) in [4.78, 5) is 22.6. The van der Waals surface area contributed by atoms with Gasteiger partial charge in [-0.2, -0.15) is 0 Å². The molecule has 0 bridgehead atoms. The normalized spacial score (nSPS) is 19.9. The Balaban J connectivity index is 1.38. The molecule has 152 valence electrons. The number of piperidine rings is 1. The lowest BCUT2D eigenvalue weighted by atomic mass is 9.92. The summed E-state index contributed by atoms with van der Waals surface area (Å²) in [6.07, 6.45) is 4.94. The first-order chi connectivity index (χ1) is 14.0. The average Bonchev–Trinajstić information content (AvgIpc) is 3.30. The van der Waals surface area contributed by atoms with Crippen molar-refractivity contribution in [3.8, 4) is 5.69 Å². The van der Waals surface area contributed by atoms with Crippen LogP contribution in [0.15, 0.2) is 42.0 Å². The number of nitrogens with one attached hydrogen (secondary N) is 2. The van der Waals surface area contributed by atoms with Crippen LogP contribution in [-0.2, 0) is 6.54 Å². The fourth-order valence-corrected chi connectivity index (χ4v) is 4.98. The van der Waals surface area contributed by atoms with E-state index in [1.165, 1.54) is 17.8 Å². The van der Waals surface area contributed by atoms with Gasteiger partial charge in [0, 0.05) is 48.7 Å². The number of aromatic nitrogens is 3. The van der Waals surface area contributed by atoms with Gasteiger partial charge in [-0.3, -0.25) is 19.6 Å². The van der Waals surface area contributed by atoms with Crippen LogP contribution in [0.4, 0.5) is 5.13 Å². The number of hydrogen-bond acceptors (Lipinski definition) is 5. The summed E-state index contributed by atoms with van der Waals surface area (Å²) in [5.41, 5.74) is 2.52. The Kier molecular flexibility index (Phi) is 5.94. The third-order valence-corrected chi connectivity index (χ3v) is 6.28. The van der Waals surface area contributed by atoms with Crippen molar-refractivity contribution in [2.24, 2.45) is 11.8 Å². The van der Waals surface area contributed by atoms with E-state index in [4.69, 9.17) is 12.2 Å². The molecule has 2 N–H and O–H groups in total. The molecule has 1 aliphatic heterocycles. The number of thiazole rings is 1. The highest BCUT2D eigenvalue weighted by atomic mass is 32.1. The zero-order valence-electron chi connectivity index (χ0n) is 16.6. The van der Waals surface area contributed by atoms with Crippen molar-refractivity contribution in [1.29, 1.82) is 0 Å². The molecule has 1 amide bonds. The van der Waals surface area contributed by atoms with Crippen molar-refractivity contribution in [3.05, 3.63) is 58.1 Å². The molecular formula is C21H25N5OS2. The van der Waals surface area contributed by atoms with Gasteiger partial charge < -0.3 is 4.98 Å². The molecule has 1 aromatic carbocycles. The highest BCUT2D eigenvalue weighted by molar-refractivity contribution is 7.71. The minimum atomic E-state index is -0.157. The van der Waals surface area contributed by atoms with Gasteiger partial charge in [0.05, 0.1) is 5.69 Å². The Bertz CT molecular complexity index is 1030. The first-order valence-corrected chi connectivity index (χ1v) is 11.1. The van der Waals surface area contributed by atoms with Crippen LogP contribution in [-0.4, -0.2) is 38.4 Å². The van der Waals surface area contributed by atoms with Crippen molar-refractivity contribution in [3.63, 3.8) is 0 Å². The maximum atomic E-state index is 12.6. The molecule has 3 aromatic rings. The second-order valence-corrected chi connectivity index (χ2v) is 9.17. The van der Waals surface area contributed by atoms with Crippen LogP contribution in [0.5, 0.6) is 0 Å². The molecule has 0 saturated carbocycles. The molecule has 0 radical (unpaired) electrons. The number of H-pyrrole nitrogens is 1. The van der Waals surface area contributed by atoms with Gasteiger partial charge in [0.2, 0.25) is 0 Å². The number of hydrogen-bond donors (Lipinski definition) is 2. The van der Waals surface area contributed by atoms with Gasteiger partial charge in [0.1, 0.15) is 0 Å². The van der Waals surface area contributed by atoms with Crippen LogP contribution in [0.1, 0.15) is 36.3 Å². The predicted molar refractivity (Wildman–Crippen MR) is 119 cm³/mol. The van der Waals surface area contributed by atoms with Crippen molar-refractivity contribution < 1.29 is 4.79 Å². The van der Waals surface area contributed by atoms with Gasteiger partial charge in [-0.05, 0) is 54.7 Å². The van der Waals surface area contributed by atoms with E-state index in [-0.39, 0.29) is 5.91 Å². The van der Waals surface area contributed by atoms with E-state index < -0.39 is 0 Å². The number of benzene rings is 1. The van der Waals surface area contributed by atoms with Gasteiger partial charge in [0.25, 0.3) is 5.91 Å². The van der Waals surface area contributed by atoms with Crippen LogP contribution < -0.4 is 5.32 Å². The molecular weight excluding hydrogens is 402 g/mol. The molecule has 0 spiro atoms. The lowest BCUT2D eigenvalue weighted by Gasteiger charge is -2.34. The Hall–Kier alpha value is -2.29. The molecule has 3 heterocycles. The Morgan fingerprint density at radius 1 is 1.28 bits per heavy atom. The molecule has 1 aliphatic rings. The fourth-order valence-electron chi connectivity index (χ4n) is 4.05. The van der Waals surface area contributed by atoms with Crippen molar-refractivity contribution in [1.82, 2.24) is 19.4 Å². The highest BCUT2D eigenvalue weighted by Gasteiger charge is 2.22. The Morgan fingerprint density at radius 3 is 2.66 bits per heavy atom. The standard InChI is InChI=1S/C21H25N5OS2/c1-14-9-15(2)11-25(10-14)12-17-13-29-20(23-17)24-19(27)16-3-5-18(6-4-16)26-8-7-22-21(26)28/h3-8,13-15H,9-12H2,1-2H3,(H,22,28)(H,23,24,27)/t14-,15-/m1/s1. The zero-order chi connectivity index (χ0) is 20.4. The van der Waals surface area contributed by atoms with Crippen LogP contribution in [0.25, 0.3) is 5.69 Å². The molecule has 8 heteroatoms. The molecule has 0 unspecified atom stereocenters. The Labute approximate surface area is 179 Å². The SMILES string of the molecule is C[C@@H]1C[C@@H](C)CN(Cc2csc(NC(=O)c3ccc(-n4cc[nH]c4=S)cc3)n2)C1.